The molecule has 27 heavy (non-hydrogen) atoms. The lowest BCUT2D eigenvalue weighted by Crippen LogP contribution is -1.99. The Kier molecular flexibility index (Phi) is 7.03. The van der Waals surface area contributed by atoms with Gasteiger partial charge in [-0.25, -0.2) is 0 Å². The molecule has 0 aliphatic heterocycles. The van der Waals surface area contributed by atoms with Crippen molar-refractivity contribution in [2.24, 2.45) is 0 Å². The van der Waals surface area contributed by atoms with E-state index in [1.807, 2.05) is 30.3 Å². The first-order valence-electron chi connectivity index (χ1n) is 8.51. The summed E-state index contributed by atoms with van der Waals surface area (Å²) in [5.74, 6) is 2.89. The highest BCUT2D eigenvalue weighted by Gasteiger charge is 2.15. The first-order valence-corrected chi connectivity index (χ1v) is 11.0. The Hall–Kier alpha value is -2.33. The topological polar surface area (TPSA) is 63.2 Å². The Morgan fingerprint density at radius 1 is 0.704 bits per heavy atom. The standard InChI is InChI=1S/C20H27O6P/c1-22-16-10-9-14(11-17(16)26-27(5,6)21)7-8-15-12-18(23-2)20(25-4)19(13-15)24-3/h9-13H,7-8H2,1-6H3. The lowest BCUT2D eigenvalue weighted by Gasteiger charge is -2.16. The number of ether oxygens (including phenoxy) is 4. The second-order valence-corrected chi connectivity index (χ2v) is 9.05. The van der Waals surface area contributed by atoms with Crippen molar-refractivity contribution >= 4 is 7.37 Å². The van der Waals surface area contributed by atoms with E-state index in [4.69, 9.17) is 23.5 Å². The van der Waals surface area contributed by atoms with E-state index < -0.39 is 7.37 Å². The molecule has 0 N–H and O–H groups in total. The molecule has 2 rings (SSSR count). The molecule has 0 saturated carbocycles. The lowest BCUT2D eigenvalue weighted by molar-refractivity contribution is 0.324. The molecule has 2 aromatic rings. The number of aryl methyl sites for hydroxylation is 2. The van der Waals surface area contributed by atoms with Crippen molar-refractivity contribution in [2.45, 2.75) is 12.8 Å². The minimum Gasteiger partial charge on any atom is -0.493 e. The van der Waals surface area contributed by atoms with Crippen LogP contribution in [0.15, 0.2) is 30.3 Å². The van der Waals surface area contributed by atoms with Crippen LogP contribution in [-0.2, 0) is 17.4 Å². The third kappa shape index (κ3) is 5.57. The molecule has 0 fully saturated rings. The van der Waals surface area contributed by atoms with E-state index in [9.17, 15) is 4.57 Å². The molecule has 0 heterocycles. The minimum absolute atomic E-state index is 0.494. The molecule has 0 saturated heterocycles. The second kappa shape index (κ2) is 9.05. The van der Waals surface area contributed by atoms with Crippen LogP contribution in [0.4, 0.5) is 0 Å². The summed E-state index contributed by atoms with van der Waals surface area (Å²) in [5, 5.41) is 0. The third-order valence-corrected chi connectivity index (χ3v) is 4.61. The van der Waals surface area contributed by atoms with E-state index >= 15 is 0 Å². The van der Waals surface area contributed by atoms with Gasteiger partial charge in [0.15, 0.2) is 23.0 Å². The highest BCUT2D eigenvalue weighted by atomic mass is 31.2. The van der Waals surface area contributed by atoms with Gasteiger partial charge in [-0.3, -0.25) is 4.57 Å². The van der Waals surface area contributed by atoms with Crippen LogP contribution >= 0.6 is 7.37 Å². The van der Waals surface area contributed by atoms with E-state index in [0.717, 1.165) is 24.0 Å². The zero-order valence-corrected chi connectivity index (χ0v) is 17.6. The summed E-state index contributed by atoms with van der Waals surface area (Å²) >= 11 is 0. The van der Waals surface area contributed by atoms with Gasteiger partial charge in [-0.05, 0) is 48.2 Å². The summed E-state index contributed by atoms with van der Waals surface area (Å²) in [4.78, 5) is 0. The summed E-state index contributed by atoms with van der Waals surface area (Å²) in [6, 6.07) is 9.55. The SMILES string of the molecule is COc1ccc(CCc2cc(OC)c(OC)c(OC)c2)cc1OP(C)(C)=O. The van der Waals surface area contributed by atoms with E-state index in [1.54, 1.807) is 41.8 Å². The fourth-order valence-electron chi connectivity index (χ4n) is 2.75. The summed E-state index contributed by atoms with van der Waals surface area (Å²) in [5.41, 5.74) is 2.10. The lowest BCUT2D eigenvalue weighted by atomic mass is 10.0. The first-order chi connectivity index (χ1) is 12.8. The molecule has 0 aromatic heterocycles. The van der Waals surface area contributed by atoms with Gasteiger partial charge in [-0.15, -0.1) is 0 Å². The Morgan fingerprint density at radius 3 is 1.70 bits per heavy atom. The molecule has 6 nitrogen and oxygen atoms in total. The number of hydrogen-bond acceptors (Lipinski definition) is 6. The van der Waals surface area contributed by atoms with Gasteiger partial charge < -0.3 is 23.5 Å². The Labute approximate surface area is 160 Å². The Morgan fingerprint density at radius 2 is 1.22 bits per heavy atom. The Balaban J connectivity index is 2.23. The van der Waals surface area contributed by atoms with Gasteiger partial charge in [0, 0.05) is 13.3 Å². The molecule has 7 heteroatoms. The summed E-state index contributed by atoms with van der Waals surface area (Å²) in [7, 11) is 3.66. The first kappa shape index (κ1) is 21.0. The van der Waals surface area contributed by atoms with Crippen LogP contribution in [0.1, 0.15) is 11.1 Å². The number of hydrogen-bond donors (Lipinski definition) is 0. The molecular formula is C20H27O6P. The van der Waals surface area contributed by atoms with Crippen molar-refractivity contribution in [2.75, 3.05) is 41.8 Å². The van der Waals surface area contributed by atoms with E-state index in [0.29, 0.717) is 28.7 Å². The molecule has 0 spiro atoms. The van der Waals surface area contributed by atoms with E-state index in [-0.39, 0.29) is 0 Å². The molecule has 0 aliphatic rings. The summed E-state index contributed by atoms with van der Waals surface area (Å²) in [6.07, 6.45) is 1.52. The summed E-state index contributed by atoms with van der Waals surface area (Å²) in [6.45, 7) is 3.16. The van der Waals surface area contributed by atoms with Crippen molar-refractivity contribution in [1.82, 2.24) is 0 Å². The van der Waals surface area contributed by atoms with Gasteiger partial charge >= 0.3 is 0 Å². The smallest absolute Gasteiger partial charge is 0.242 e. The van der Waals surface area contributed by atoms with Gasteiger partial charge in [0.05, 0.1) is 28.4 Å². The van der Waals surface area contributed by atoms with Crippen molar-refractivity contribution in [3.63, 3.8) is 0 Å². The minimum atomic E-state index is -2.68. The van der Waals surface area contributed by atoms with Crippen LogP contribution in [0.2, 0.25) is 0 Å². The average Bonchev–Trinajstić information content (AvgIpc) is 2.64. The number of methoxy groups -OCH3 is 4. The zero-order valence-electron chi connectivity index (χ0n) is 16.7. The maximum atomic E-state index is 12.0. The van der Waals surface area contributed by atoms with Gasteiger partial charge in [-0.2, -0.15) is 0 Å². The quantitative estimate of drug-likeness (QED) is 0.587. The number of benzene rings is 2. The van der Waals surface area contributed by atoms with Crippen molar-refractivity contribution in [3.8, 4) is 28.7 Å². The maximum absolute atomic E-state index is 12.0. The van der Waals surface area contributed by atoms with Crippen molar-refractivity contribution < 1.29 is 28.0 Å². The zero-order chi connectivity index (χ0) is 20.0. The molecule has 0 radical (unpaired) electrons. The predicted octanol–water partition coefficient (Wildman–Crippen LogP) is 4.42. The van der Waals surface area contributed by atoms with Crippen LogP contribution in [0.3, 0.4) is 0 Å². The second-order valence-electron chi connectivity index (χ2n) is 6.36. The van der Waals surface area contributed by atoms with E-state index in [1.165, 1.54) is 0 Å². The highest BCUT2D eigenvalue weighted by Crippen LogP contribution is 2.43. The molecule has 0 atom stereocenters. The van der Waals surface area contributed by atoms with Crippen LogP contribution in [0.5, 0.6) is 28.7 Å². The largest absolute Gasteiger partial charge is 0.493 e. The molecule has 2 aromatic carbocycles. The number of rotatable bonds is 9. The van der Waals surface area contributed by atoms with Gasteiger partial charge in [0.25, 0.3) is 0 Å². The van der Waals surface area contributed by atoms with Crippen molar-refractivity contribution in [3.05, 3.63) is 41.5 Å². The van der Waals surface area contributed by atoms with Crippen molar-refractivity contribution in [1.29, 1.82) is 0 Å². The maximum Gasteiger partial charge on any atom is 0.242 e. The third-order valence-electron chi connectivity index (χ3n) is 3.97. The summed E-state index contributed by atoms with van der Waals surface area (Å²) < 4.78 is 39.1. The molecule has 0 aliphatic carbocycles. The van der Waals surface area contributed by atoms with Gasteiger partial charge in [0.2, 0.25) is 13.1 Å². The Bertz CT molecular complexity index is 802. The van der Waals surface area contributed by atoms with Crippen LogP contribution in [0.25, 0.3) is 0 Å². The predicted molar refractivity (Wildman–Crippen MR) is 107 cm³/mol. The van der Waals surface area contributed by atoms with Crippen LogP contribution in [-0.4, -0.2) is 41.8 Å². The van der Waals surface area contributed by atoms with Gasteiger partial charge in [0.1, 0.15) is 0 Å². The normalized spacial score (nSPS) is 11.0. The van der Waals surface area contributed by atoms with E-state index in [2.05, 4.69) is 0 Å². The highest BCUT2D eigenvalue weighted by molar-refractivity contribution is 7.57. The van der Waals surface area contributed by atoms with Crippen LogP contribution in [0, 0.1) is 0 Å². The molecule has 0 unspecified atom stereocenters. The fourth-order valence-corrected chi connectivity index (χ4v) is 3.37. The molecule has 0 bridgehead atoms. The molecule has 0 amide bonds. The average molecular weight is 394 g/mol. The monoisotopic (exact) mass is 394 g/mol. The molecule has 148 valence electrons. The molecular weight excluding hydrogens is 367 g/mol. The fraction of sp³-hybridized carbons (Fsp3) is 0.400. The van der Waals surface area contributed by atoms with Gasteiger partial charge in [-0.1, -0.05) is 6.07 Å². The van der Waals surface area contributed by atoms with Crippen LogP contribution < -0.4 is 23.5 Å².